The molecule has 0 amide bonds. The van der Waals surface area contributed by atoms with Crippen molar-refractivity contribution in [1.82, 2.24) is 14.9 Å². The Bertz CT molecular complexity index is 439. The molecule has 3 rings (SSSR count). The Morgan fingerprint density at radius 2 is 2.21 bits per heavy atom. The molecule has 2 atom stereocenters. The van der Waals surface area contributed by atoms with Crippen molar-refractivity contribution in [2.75, 3.05) is 38.7 Å². The lowest BCUT2D eigenvalue weighted by atomic mass is 9.84. The van der Waals surface area contributed by atoms with E-state index in [1.54, 1.807) is 19.4 Å². The van der Waals surface area contributed by atoms with Crippen LogP contribution in [-0.2, 0) is 0 Å². The molecule has 2 aliphatic rings. The summed E-state index contributed by atoms with van der Waals surface area (Å²) in [5.74, 6) is 2.24. The summed E-state index contributed by atoms with van der Waals surface area (Å²) in [4.78, 5) is 13.8. The van der Waals surface area contributed by atoms with Crippen LogP contribution in [0.2, 0.25) is 0 Å². The summed E-state index contributed by atoms with van der Waals surface area (Å²) in [5.41, 5.74) is 0. The van der Waals surface area contributed by atoms with Gasteiger partial charge in [-0.25, -0.2) is 4.98 Å². The fraction of sp³-hybridized carbons (Fsp3) is 0.714. The first kappa shape index (κ1) is 12.7. The van der Waals surface area contributed by atoms with E-state index in [0.717, 1.165) is 18.4 Å². The Labute approximate surface area is 114 Å². The largest absolute Gasteiger partial charge is 0.481 e. The zero-order chi connectivity index (χ0) is 13.2. The minimum atomic E-state index is 0.594. The van der Waals surface area contributed by atoms with Crippen LogP contribution in [0, 0.1) is 5.92 Å². The van der Waals surface area contributed by atoms with Gasteiger partial charge in [-0.05, 0) is 38.8 Å². The molecule has 0 radical (unpaired) electrons. The zero-order valence-electron chi connectivity index (χ0n) is 11.7. The molecule has 0 saturated carbocycles. The van der Waals surface area contributed by atoms with E-state index >= 15 is 0 Å². The summed E-state index contributed by atoms with van der Waals surface area (Å²) < 4.78 is 5.21. The molecule has 104 valence electrons. The minimum Gasteiger partial charge on any atom is -0.481 e. The van der Waals surface area contributed by atoms with E-state index in [4.69, 9.17) is 4.74 Å². The van der Waals surface area contributed by atoms with Crippen molar-refractivity contribution in [3.63, 3.8) is 0 Å². The van der Waals surface area contributed by atoms with Crippen LogP contribution < -0.4 is 9.64 Å². The summed E-state index contributed by atoms with van der Waals surface area (Å²) >= 11 is 0. The number of hydrogen-bond acceptors (Lipinski definition) is 5. The van der Waals surface area contributed by atoms with E-state index < -0.39 is 0 Å². The van der Waals surface area contributed by atoms with Gasteiger partial charge in [-0.1, -0.05) is 0 Å². The first-order valence-electron chi connectivity index (χ1n) is 7.10. The van der Waals surface area contributed by atoms with Crippen LogP contribution >= 0.6 is 0 Å². The molecule has 2 aliphatic heterocycles. The summed E-state index contributed by atoms with van der Waals surface area (Å²) in [6.45, 7) is 3.44. The summed E-state index contributed by atoms with van der Waals surface area (Å²) in [7, 11) is 3.87. The highest BCUT2D eigenvalue weighted by atomic mass is 16.5. The Morgan fingerprint density at radius 1 is 1.32 bits per heavy atom. The molecule has 0 aliphatic carbocycles. The van der Waals surface area contributed by atoms with Crippen LogP contribution in [0.5, 0.6) is 5.88 Å². The average molecular weight is 262 g/mol. The predicted octanol–water partition coefficient (Wildman–Crippen LogP) is 1.41. The first-order chi connectivity index (χ1) is 9.28. The van der Waals surface area contributed by atoms with Crippen LogP contribution in [0.15, 0.2) is 12.3 Å². The summed E-state index contributed by atoms with van der Waals surface area (Å²) in [6, 6.07) is 2.40. The number of nitrogens with zero attached hydrogens (tertiary/aromatic N) is 4. The molecule has 2 unspecified atom stereocenters. The van der Waals surface area contributed by atoms with E-state index in [1.165, 1.54) is 32.4 Å². The smallest absolute Gasteiger partial charge is 0.228 e. The predicted molar refractivity (Wildman–Crippen MR) is 74.6 cm³/mol. The van der Waals surface area contributed by atoms with Gasteiger partial charge in [0.15, 0.2) is 0 Å². The Balaban J connectivity index is 1.82. The number of fused-ring (bicyclic) bond motifs is 1. The highest BCUT2D eigenvalue weighted by Crippen LogP contribution is 2.32. The Kier molecular flexibility index (Phi) is 3.55. The summed E-state index contributed by atoms with van der Waals surface area (Å²) in [5, 5.41) is 0. The molecule has 1 aromatic heterocycles. The maximum Gasteiger partial charge on any atom is 0.228 e. The van der Waals surface area contributed by atoms with Gasteiger partial charge in [0.2, 0.25) is 11.8 Å². The van der Waals surface area contributed by atoms with Crippen LogP contribution in [0.1, 0.15) is 19.3 Å². The number of methoxy groups -OCH3 is 1. The number of piperidine rings is 2. The SMILES string of the molecule is COc1ccnc(N2CCCC3CN(C)CCC32)n1. The van der Waals surface area contributed by atoms with Gasteiger partial charge in [0.1, 0.15) is 0 Å². The Morgan fingerprint density at radius 3 is 3.05 bits per heavy atom. The Hall–Kier alpha value is -1.36. The molecule has 5 nitrogen and oxygen atoms in total. The highest BCUT2D eigenvalue weighted by molar-refractivity contribution is 5.35. The molecule has 2 fully saturated rings. The lowest BCUT2D eigenvalue weighted by Crippen LogP contribution is -2.53. The quantitative estimate of drug-likeness (QED) is 0.806. The van der Waals surface area contributed by atoms with E-state index in [1.807, 2.05) is 0 Å². The molecule has 2 saturated heterocycles. The third kappa shape index (κ3) is 2.52. The minimum absolute atomic E-state index is 0.594. The number of aromatic nitrogens is 2. The second-order valence-corrected chi connectivity index (χ2v) is 5.61. The molecule has 0 bridgehead atoms. The van der Waals surface area contributed by atoms with E-state index in [-0.39, 0.29) is 0 Å². The van der Waals surface area contributed by atoms with Crippen molar-refractivity contribution in [3.05, 3.63) is 12.3 Å². The van der Waals surface area contributed by atoms with Crippen molar-refractivity contribution in [1.29, 1.82) is 0 Å². The van der Waals surface area contributed by atoms with Gasteiger partial charge < -0.3 is 14.5 Å². The molecule has 0 aromatic carbocycles. The van der Waals surface area contributed by atoms with Crippen molar-refractivity contribution in [2.24, 2.45) is 5.92 Å². The molecule has 0 N–H and O–H groups in total. The standard InChI is InChI=1S/C14H22N4O/c1-17-9-6-12-11(10-17)4-3-8-18(12)14-15-7-5-13(16-14)19-2/h5,7,11-12H,3-4,6,8-10H2,1-2H3. The van der Waals surface area contributed by atoms with Crippen LogP contribution in [0.4, 0.5) is 5.95 Å². The normalized spacial score (nSPS) is 28.0. The lowest BCUT2D eigenvalue weighted by molar-refractivity contribution is 0.153. The third-order valence-electron chi connectivity index (χ3n) is 4.35. The second kappa shape index (κ2) is 5.33. The lowest BCUT2D eigenvalue weighted by Gasteiger charge is -2.46. The molecule has 0 spiro atoms. The van der Waals surface area contributed by atoms with Crippen molar-refractivity contribution >= 4 is 5.95 Å². The number of hydrogen-bond donors (Lipinski definition) is 0. The fourth-order valence-corrected chi connectivity index (χ4v) is 3.42. The van der Waals surface area contributed by atoms with Gasteiger partial charge in [-0.15, -0.1) is 0 Å². The van der Waals surface area contributed by atoms with Gasteiger partial charge in [0, 0.05) is 31.4 Å². The van der Waals surface area contributed by atoms with E-state index in [0.29, 0.717) is 11.9 Å². The zero-order valence-corrected chi connectivity index (χ0v) is 11.7. The molecule has 19 heavy (non-hydrogen) atoms. The van der Waals surface area contributed by atoms with Gasteiger partial charge >= 0.3 is 0 Å². The number of likely N-dealkylation sites (tertiary alicyclic amines) is 1. The monoisotopic (exact) mass is 262 g/mol. The van der Waals surface area contributed by atoms with Crippen LogP contribution in [0.25, 0.3) is 0 Å². The maximum absolute atomic E-state index is 5.21. The number of anilines is 1. The van der Waals surface area contributed by atoms with Gasteiger partial charge in [0.05, 0.1) is 7.11 Å². The second-order valence-electron chi connectivity index (χ2n) is 5.61. The molecular weight excluding hydrogens is 240 g/mol. The first-order valence-corrected chi connectivity index (χ1v) is 7.10. The fourth-order valence-electron chi connectivity index (χ4n) is 3.42. The van der Waals surface area contributed by atoms with Crippen molar-refractivity contribution in [2.45, 2.75) is 25.3 Å². The molecule has 3 heterocycles. The maximum atomic E-state index is 5.21. The van der Waals surface area contributed by atoms with E-state index in [9.17, 15) is 0 Å². The third-order valence-corrected chi connectivity index (χ3v) is 4.35. The highest BCUT2D eigenvalue weighted by Gasteiger charge is 2.36. The summed E-state index contributed by atoms with van der Waals surface area (Å²) in [6.07, 6.45) is 5.56. The van der Waals surface area contributed by atoms with Crippen molar-refractivity contribution < 1.29 is 4.74 Å². The van der Waals surface area contributed by atoms with Crippen LogP contribution in [0.3, 0.4) is 0 Å². The molecule has 1 aromatic rings. The molecule has 5 heteroatoms. The van der Waals surface area contributed by atoms with Gasteiger partial charge in [-0.3, -0.25) is 0 Å². The van der Waals surface area contributed by atoms with Crippen molar-refractivity contribution in [3.8, 4) is 5.88 Å². The van der Waals surface area contributed by atoms with Gasteiger partial charge in [-0.2, -0.15) is 4.98 Å². The average Bonchev–Trinajstić information content (AvgIpc) is 2.46. The van der Waals surface area contributed by atoms with Gasteiger partial charge in [0.25, 0.3) is 0 Å². The van der Waals surface area contributed by atoms with Crippen LogP contribution in [-0.4, -0.2) is 54.7 Å². The topological polar surface area (TPSA) is 41.5 Å². The van der Waals surface area contributed by atoms with E-state index in [2.05, 4.69) is 26.8 Å². The number of ether oxygens (including phenoxy) is 1. The molecular formula is C14H22N4O. The number of rotatable bonds is 2.